The molecule has 2 atom stereocenters. The average molecular weight is 572 g/mol. The number of aliphatic carboxylic acids is 1. The smallest absolute Gasteiger partial charge is 0.313 e. The largest absolute Gasteiger partial charge is 0.481 e. The SMILES string of the molecule is COC(=O)C(CCCCCl)c1cc(F)cc(Cl)c1.O=C(O)C(CCCCCl)c1cc(F)cc(Cl)c1. The van der Waals surface area contributed by atoms with E-state index in [-0.39, 0.29) is 16.0 Å². The Kier molecular flexibility index (Phi) is 15.2. The summed E-state index contributed by atoms with van der Waals surface area (Å²) in [6.45, 7) is 0. The second-order valence-corrected chi connectivity index (χ2v) is 9.37. The van der Waals surface area contributed by atoms with Crippen LogP contribution in [0.25, 0.3) is 0 Å². The highest BCUT2D eigenvalue weighted by Gasteiger charge is 2.22. The van der Waals surface area contributed by atoms with E-state index in [0.717, 1.165) is 25.3 Å². The highest BCUT2D eigenvalue weighted by Crippen LogP contribution is 2.28. The number of carbonyl (C=O) groups excluding carboxylic acids is 1. The summed E-state index contributed by atoms with van der Waals surface area (Å²) in [5.41, 5.74) is 0.943. The van der Waals surface area contributed by atoms with Crippen LogP contribution in [0.5, 0.6) is 0 Å². The number of halogens is 6. The lowest BCUT2D eigenvalue weighted by Crippen LogP contribution is -2.14. The molecule has 0 spiro atoms. The van der Waals surface area contributed by atoms with Crippen LogP contribution in [0.15, 0.2) is 36.4 Å². The van der Waals surface area contributed by atoms with Crippen molar-refractivity contribution in [1.29, 1.82) is 0 Å². The summed E-state index contributed by atoms with van der Waals surface area (Å²) in [6, 6.07) is 7.97. The first-order valence-electron chi connectivity index (χ1n) is 11.0. The Hall–Kier alpha value is -1.60. The number of esters is 1. The van der Waals surface area contributed by atoms with Crippen molar-refractivity contribution in [2.45, 2.75) is 50.4 Å². The first kappa shape index (κ1) is 31.4. The number of carbonyl (C=O) groups is 2. The van der Waals surface area contributed by atoms with Crippen molar-refractivity contribution in [2.24, 2.45) is 0 Å². The van der Waals surface area contributed by atoms with Crippen molar-refractivity contribution >= 4 is 58.3 Å². The Morgan fingerprint density at radius 3 is 1.60 bits per heavy atom. The van der Waals surface area contributed by atoms with Crippen LogP contribution in [0.1, 0.15) is 61.5 Å². The maximum absolute atomic E-state index is 13.3. The van der Waals surface area contributed by atoms with Crippen molar-refractivity contribution < 1.29 is 28.2 Å². The number of rotatable bonds is 12. The molecule has 35 heavy (non-hydrogen) atoms. The van der Waals surface area contributed by atoms with Crippen LogP contribution in [0.4, 0.5) is 8.78 Å². The number of unbranched alkanes of at least 4 members (excludes halogenated alkanes) is 2. The van der Waals surface area contributed by atoms with Crippen molar-refractivity contribution in [3.63, 3.8) is 0 Å². The van der Waals surface area contributed by atoms with Gasteiger partial charge in [0.15, 0.2) is 0 Å². The molecule has 2 unspecified atom stereocenters. The maximum atomic E-state index is 13.3. The summed E-state index contributed by atoms with van der Waals surface area (Å²) >= 11 is 22.6. The van der Waals surface area contributed by atoms with E-state index in [1.807, 2.05) is 0 Å². The van der Waals surface area contributed by atoms with Gasteiger partial charge in [-0.1, -0.05) is 36.0 Å². The Morgan fingerprint density at radius 2 is 1.23 bits per heavy atom. The molecule has 2 aromatic carbocycles. The van der Waals surface area contributed by atoms with Gasteiger partial charge in [0, 0.05) is 21.8 Å². The topological polar surface area (TPSA) is 63.6 Å². The van der Waals surface area contributed by atoms with Crippen LogP contribution in [0.2, 0.25) is 10.0 Å². The van der Waals surface area contributed by atoms with Crippen LogP contribution in [0.3, 0.4) is 0 Å². The van der Waals surface area contributed by atoms with E-state index in [1.165, 1.54) is 31.4 Å². The lowest BCUT2D eigenvalue weighted by Gasteiger charge is -2.15. The lowest BCUT2D eigenvalue weighted by atomic mass is 9.93. The van der Waals surface area contributed by atoms with E-state index in [4.69, 9.17) is 56.2 Å². The molecule has 0 radical (unpaired) electrons. The Bertz CT molecular complexity index is 919. The summed E-state index contributed by atoms with van der Waals surface area (Å²) in [5.74, 6) is -2.52. The predicted molar refractivity (Wildman–Crippen MR) is 137 cm³/mol. The molecule has 2 rings (SSSR count). The Morgan fingerprint density at radius 1 is 0.800 bits per heavy atom. The fraction of sp³-hybridized carbons (Fsp3) is 0.440. The zero-order valence-electron chi connectivity index (χ0n) is 19.2. The molecule has 10 heteroatoms. The average Bonchev–Trinajstić information content (AvgIpc) is 2.78. The van der Waals surface area contributed by atoms with Crippen LogP contribution < -0.4 is 0 Å². The zero-order chi connectivity index (χ0) is 26.4. The second kappa shape index (κ2) is 17.0. The molecule has 0 aliphatic heterocycles. The number of alkyl halides is 2. The summed E-state index contributed by atoms with van der Waals surface area (Å²) < 4.78 is 31.2. The van der Waals surface area contributed by atoms with E-state index >= 15 is 0 Å². The highest BCUT2D eigenvalue weighted by atomic mass is 35.5. The number of carboxylic acids is 1. The minimum absolute atomic E-state index is 0.212. The van der Waals surface area contributed by atoms with Gasteiger partial charge in [-0.25, -0.2) is 8.78 Å². The van der Waals surface area contributed by atoms with Crippen LogP contribution in [0, 0.1) is 11.6 Å². The second-order valence-electron chi connectivity index (χ2n) is 7.74. The van der Waals surface area contributed by atoms with Crippen LogP contribution >= 0.6 is 46.4 Å². The maximum Gasteiger partial charge on any atom is 0.313 e. The van der Waals surface area contributed by atoms with E-state index in [1.54, 1.807) is 6.07 Å². The van der Waals surface area contributed by atoms with E-state index < -0.39 is 29.4 Å². The van der Waals surface area contributed by atoms with E-state index in [9.17, 15) is 18.4 Å². The number of hydrogen-bond donors (Lipinski definition) is 1. The van der Waals surface area contributed by atoms with Gasteiger partial charge in [0.25, 0.3) is 0 Å². The molecule has 194 valence electrons. The summed E-state index contributed by atoms with van der Waals surface area (Å²) in [6.07, 6.45) is 4.01. The fourth-order valence-corrected chi connectivity index (χ4v) is 4.27. The molecule has 0 fully saturated rings. The van der Waals surface area contributed by atoms with Crippen LogP contribution in [-0.4, -0.2) is 35.9 Å². The van der Waals surface area contributed by atoms with Crippen molar-refractivity contribution in [2.75, 3.05) is 18.9 Å². The minimum atomic E-state index is -0.971. The van der Waals surface area contributed by atoms with Gasteiger partial charge in [0.05, 0.1) is 18.9 Å². The Balaban J connectivity index is 0.000000351. The standard InChI is InChI=1S/C13H15Cl2FO2.C12H13Cl2FO2/c1-18-13(17)12(4-2-3-5-14)9-6-10(15)8-11(16)7-9;13-4-2-1-3-11(12(16)17)8-5-9(14)7-10(15)6-8/h6-8,12H,2-5H2,1H3;5-7,11H,1-4H2,(H,16,17). The number of methoxy groups -OCH3 is 1. The molecular formula is C25H28Cl4F2O4. The molecule has 0 saturated heterocycles. The van der Waals surface area contributed by atoms with Gasteiger partial charge in [-0.15, -0.1) is 23.2 Å². The van der Waals surface area contributed by atoms with E-state index in [2.05, 4.69) is 0 Å². The van der Waals surface area contributed by atoms with Crippen molar-refractivity contribution in [3.8, 4) is 0 Å². The van der Waals surface area contributed by atoms with Gasteiger partial charge >= 0.3 is 11.9 Å². The molecule has 0 aliphatic carbocycles. The predicted octanol–water partition coefficient (Wildman–Crippen LogP) is 8.20. The normalized spacial score (nSPS) is 12.3. The quantitative estimate of drug-likeness (QED) is 0.158. The minimum Gasteiger partial charge on any atom is -0.481 e. The molecule has 0 aliphatic rings. The number of carboxylic acid groups (broad SMARTS) is 1. The monoisotopic (exact) mass is 570 g/mol. The first-order valence-corrected chi connectivity index (χ1v) is 12.8. The third-order valence-corrected chi connectivity index (χ3v) is 6.08. The molecule has 0 bridgehead atoms. The number of ether oxygens (including phenoxy) is 1. The zero-order valence-corrected chi connectivity index (χ0v) is 22.2. The van der Waals surface area contributed by atoms with Gasteiger partial charge in [-0.05, 0) is 73.2 Å². The summed E-state index contributed by atoms with van der Waals surface area (Å²) in [4.78, 5) is 22.8. The first-order chi connectivity index (χ1) is 16.6. The van der Waals surface area contributed by atoms with E-state index in [0.29, 0.717) is 42.1 Å². The third-order valence-electron chi connectivity index (χ3n) is 5.11. The summed E-state index contributed by atoms with van der Waals surface area (Å²) in [5, 5.41) is 9.60. The van der Waals surface area contributed by atoms with Crippen molar-refractivity contribution in [3.05, 3.63) is 69.2 Å². The molecule has 0 saturated carbocycles. The number of hydrogen-bond acceptors (Lipinski definition) is 3. The molecule has 0 amide bonds. The molecule has 2 aromatic rings. The third kappa shape index (κ3) is 11.8. The summed E-state index contributed by atoms with van der Waals surface area (Å²) in [7, 11) is 1.32. The van der Waals surface area contributed by atoms with Crippen molar-refractivity contribution in [1.82, 2.24) is 0 Å². The van der Waals surface area contributed by atoms with Gasteiger partial charge in [0.1, 0.15) is 11.6 Å². The van der Waals surface area contributed by atoms with Gasteiger partial charge in [-0.2, -0.15) is 0 Å². The molecule has 0 aromatic heterocycles. The Labute approximate surface area is 224 Å². The van der Waals surface area contributed by atoms with Gasteiger partial charge < -0.3 is 9.84 Å². The van der Waals surface area contributed by atoms with Gasteiger partial charge in [-0.3, -0.25) is 9.59 Å². The molecular weight excluding hydrogens is 544 g/mol. The molecule has 1 N–H and O–H groups in total. The molecule has 4 nitrogen and oxygen atoms in total. The molecule has 0 heterocycles. The fourth-order valence-electron chi connectivity index (χ4n) is 3.43. The number of benzene rings is 2. The van der Waals surface area contributed by atoms with Crippen LogP contribution in [-0.2, 0) is 14.3 Å². The lowest BCUT2D eigenvalue weighted by molar-refractivity contribution is -0.142. The van der Waals surface area contributed by atoms with Gasteiger partial charge in [0.2, 0.25) is 0 Å². The highest BCUT2D eigenvalue weighted by molar-refractivity contribution is 6.31.